The second-order valence-electron chi connectivity index (χ2n) is 11.5. The van der Waals surface area contributed by atoms with Crippen LogP contribution in [0.3, 0.4) is 0 Å². The molecule has 1 atom stereocenters. The molecule has 0 spiro atoms. The standard InChI is InChI=1S/C28H34FN3O3S/c1-20(2)9-14-24(33)26(3)19-30-25(31-26)27-16-28(17-27,18-27)32(15-21-7-5-4-6-8-21)36(34,35)23-12-10-22(29)11-13-23/h4-8,10-13,20H,9,14-19H2,1-3H3,(H,30,31)/t26-,27?,28?/m1/s1. The largest absolute Gasteiger partial charge is 0.360 e. The molecule has 1 heterocycles. The lowest BCUT2D eigenvalue weighted by atomic mass is 9.38. The SMILES string of the molecule is CC(C)CCC(=O)[C@@]1(C)CN=C(C23CC(N(Cc4ccccc4)S(=O)(=O)c4ccc(F)cc4)(C2)C3)N1. The number of hydrogen-bond donors (Lipinski definition) is 1. The Labute approximate surface area is 213 Å². The Morgan fingerprint density at radius 1 is 1.08 bits per heavy atom. The average Bonchev–Trinajstić information content (AvgIpc) is 3.19. The van der Waals surface area contributed by atoms with Gasteiger partial charge in [0.05, 0.1) is 11.4 Å². The van der Waals surface area contributed by atoms with Crippen molar-refractivity contribution in [1.82, 2.24) is 9.62 Å². The van der Waals surface area contributed by atoms with Crippen LogP contribution in [0.1, 0.15) is 58.4 Å². The highest BCUT2D eigenvalue weighted by atomic mass is 32.2. The Hall–Kier alpha value is -2.58. The molecule has 192 valence electrons. The zero-order valence-corrected chi connectivity index (χ0v) is 21.9. The highest BCUT2D eigenvalue weighted by Gasteiger charge is 2.75. The van der Waals surface area contributed by atoms with E-state index in [4.69, 9.17) is 4.99 Å². The average molecular weight is 512 g/mol. The van der Waals surface area contributed by atoms with Gasteiger partial charge >= 0.3 is 0 Å². The number of hydrogen-bond acceptors (Lipinski definition) is 5. The van der Waals surface area contributed by atoms with Crippen LogP contribution in [0.15, 0.2) is 64.5 Å². The maximum absolute atomic E-state index is 13.8. The van der Waals surface area contributed by atoms with Gasteiger partial charge in [-0.2, -0.15) is 4.31 Å². The van der Waals surface area contributed by atoms with Gasteiger partial charge in [-0.15, -0.1) is 0 Å². The minimum absolute atomic E-state index is 0.0956. The Morgan fingerprint density at radius 2 is 1.72 bits per heavy atom. The van der Waals surface area contributed by atoms with E-state index >= 15 is 0 Å². The summed E-state index contributed by atoms with van der Waals surface area (Å²) in [4.78, 5) is 17.7. The molecular weight excluding hydrogens is 477 g/mol. The molecule has 2 aromatic rings. The first-order chi connectivity index (χ1) is 17.0. The molecule has 3 saturated carbocycles. The van der Waals surface area contributed by atoms with E-state index in [1.807, 2.05) is 37.3 Å². The zero-order valence-electron chi connectivity index (χ0n) is 21.1. The molecule has 2 aromatic carbocycles. The number of rotatable bonds is 10. The van der Waals surface area contributed by atoms with Crippen LogP contribution in [0.25, 0.3) is 0 Å². The van der Waals surface area contributed by atoms with Crippen molar-refractivity contribution < 1.29 is 17.6 Å². The molecule has 2 bridgehead atoms. The molecule has 4 aliphatic rings. The lowest BCUT2D eigenvalue weighted by molar-refractivity contribution is -0.151. The topological polar surface area (TPSA) is 78.8 Å². The Kier molecular flexibility index (Phi) is 6.11. The highest BCUT2D eigenvalue weighted by Crippen LogP contribution is 2.71. The Morgan fingerprint density at radius 3 is 2.33 bits per heavy atom. The van der Waals surface area contributed by atoms with Gasteiger partial charge in [-0.1, -0.05) is 44.2 Å². The van der Waals surface area contributed by atoms with Gasteiger partial charge in [-0.3, -0.25) is 9.79 Å². The summed E-state index contributed by atoms with van der Waals surface area (Å²) in [6, 6.07) is 14.6. The fourth-order valence-electron chi connectivity index (χ4n) is 5.97. The highest BCUT2D eigenvalue weighted by molar-refractivity contribution is 7.89. The van der Waals surface area contributed by atoms with E-state index in [0.717, 1.165) is 17.8 Å². The van der Waals surface area contributed by atoms with E-state index in [2.05, 4.69) is 19.2 Å². The van der Waals surface area contributed by atoms with Crippen LogP contribution >= 0.6 is 0 Å². The summed E-state index contributed by atoms with van der Waals surface area (Å²) in [6.07, 6.45) is 3.37. The third-order valence-electron chi connectivity index (χ3n) is 8.12. The van der Waals surface area contributed by atoms with Crippen molar-refractivity contribution >= 4 is 21.6 Å². The van der Waals surface area contributed by atoms with Crippen LogP contribution in [0.2, 0.25) is 0 Å². The fraction of sp³-hybridized carbons (Fsp3) is 0.500. The van der Waals surface area contributed by atoms with Crippen LogP contribution < -0.4 is 5.32 Å². The predicted octanol–water partition coefficient (Wildman–Crippen LogP) is 4.71. The molecule has 3 fully saturated rings. The van der Waals surface area contributed by atoms with Crippen molar-refractivity contribution in [3.63, 3.8) is 0 Å². The molecule has 0 saturated heterocycles. The van der Waals surface area contributed by atoms with E-state index in [1.54, 1.807) is 4.31 Å². The lowest BCUT2D eigenvalue weighted by Gasteiger charge is -2.73. The molecule has 0 amide bonds. The maximum atomic E-state index is 13.8. The van der Waals surface area contributed by atoms with Crippen LogP contribution in [0.5, 0.6) is 0 Å². The van der Waals surface area contributed by atoms with E-state index < -0.39 is 26.9 Å². The van der Waals surface area contributed by atoms with E-state index in [1.165, 1.54) is 24.3 Å². The van der Waals surface area contributed by atoms with Crippen molar-refractivity contribution in [3.8, 4) is 0 Å². The van der Waals surface area contributed by atoms with Crippen molar-refractivity contribution in [2.45, 2.75) is 75.4 Å². The van der Waals surface area contributed by atoms with E-state index in [9.17, 15) is 17.6 Å². The first-order valence-electron chi connectivity index (χ1n) is 12.7. The number of sulfonamides is 1. The van der Waals surface area contributed by atoms with E-state index in [0.29, 0.717) is 38.1 Å². The van der Waals surface area contributed by atoms with Crippen molar-refractivity contribution in [3.05, 3.63) is 66.0 Å². The number of Topliss-reactive ketones (excluding diaryl/α,β-unsaturated/α-hetero) is 1. The van der Waals surface area contributed by atoms with Crippen molar-refractivity contribution in [2.75, 3.05) is 6.54 Å². The lowest BCUT2D eigenvalue weighted by Crippen LogP contribution is -2.78. The summed E-state index contributed by atoms with van der Waals surface area (Å²) in [7, 11) is -3.85. The summed E-state index contributed by atoms with van der Waals surface area (Å²) < 4.78 is 42.7. The summed E-state index contributed by atoms with van der Waals surface area (Å²) in [5, 5.41) is 3.44. The van der Waals surface area contributed by atoms with Crippen LogP contribution in [-0.2, 0) is 21.4 Å². The minimum Gasteiger partial charge on any atom is -0.360 e. The third-order valence-corrected chi connectivity index (χ3v) is 10.1. The number of aliphatic imine (C=N–C) groups is 1. The molecule has 6 rings (SSSR count). The Balaban J connectivity index is 1.34. The number of amidine groups is 1. The number of carbonyl (C=O) groups excluding carboxylic acids is 1. The summed E-state index contributed by atoms with van der Waals surface area (Å²) in [5.41, 5.74) is -0.491. The molecule has 3 aliphatic carbocycles. The quantitative estimate of drug-likeness (QED) is 0.501. The van der Waals surface area contributed by atoms with Gasteiger partial charge in [0.1, 0.15) is 17.2 Å². The second kappa shape index (κ2) is 8.77. The smallest absolute Gasteiger partial charge is 0.243 e. The molecule has 36 heavy (non-hydrogen) atoms. The fourth-order valence-corrected chi connectivity index (χ4v) is 7.73. The van der Waals surface area contributed by atoms with Gasteiger partial charge in [-0.05, 0) is 68.4 Å². The number of halogens is 1. The number of benzene rings is 2. The summed E-state index contributed by atoms with van der Waals surface area (Å²) in [6.45, 7) is 6.83. The van der Waals surface area contributed by atoms with Gasteiger partial charge < -0.3 is 5.32 Å². The number of nitrogens with one attached hydrogen (secondary N) is 1. The van der Waals surface area contributed by atoms with Crippen LogP contribution in [0, 0.1) is 17.2 Å². The molecule has 1 N–H and O–H groups in total. The normalized spacial score (nSPS) is 28.9. The number of nitrogens with zero attached hydrogens (tertiary/aromatic N) is 2. The molecular formula is C28H34FN3O3S. The van der Waals surface area contributed by atoms with Gasteiger partial charge in [0.15, 0.2) is 5.78 Å². The predicted molar refractivity (Wildman–Crippen MR) is 138 cm³/mol. The third kappa shape index (κ3) is 4.18. The first kappa shape index (κ1) is 25.1. The second-order valence-corrected chi connectivity index (χ2v) is 13.3. The molecule has 0 radical (unpaired) electrons. The van der Waals surface area contributed by atoms with Crippen LogP contribution in [0.4, 0.5) is 4.39 Å². The van der Waals surface area contributed by atoms with Crippen molar-refractivity contribution in [2.24, 2.45) is 16.3 Å². The molecule has 8 heteroatoms. The van der Waals surface area contributed by atoms with Gasteiger partial charge in [0.2, 0.25) is 10.0 Å². The first-order valence-corrected chi connectivity index (χ1v) is 14.1. The van der Waals surface area contributed by atoms with Gasteiger partial charge in [0, 0.05) is 23.9 Å². The van der Waals surface area contributed by atoms with E-state index in [-0.39, 0.29) is 22.6 Å². The van der Waals surface area contributed by atoms with Gasteiger partial charge in [-0.25, -0.2) is 12.8 Å². The molecule has 6 nitrogen and oxygen atoms in total. The van der Waals surface area contributed by atoms with Crippen LogP contribution in [-0.4, -0.2) is 42.0 Å². The summed E-state index contributed by atoms with van der Waals surface area (Å²) in [5.74, 6) is 1.03. The number of ketones is 1. The molecule has 0 aromatic heterocycles. The number of carbonyl (C=O) groups is 1. The maximum Gasteiger partial charge on any atom is 0.243 e. The Bertz CT molecular complexity index is 1270. The monoisotopic (exact) mass is 511 g/mol. The zero-order chi connectivity index (χ0) is 25.8. The summed E-state index contributed by atoms with van der Waals surface area (Å²) >= 11 is 0. The van der Waals surface area contributed by atoms with Gasteiger partial charge in [0.25, 0.3) is 0 Å². The molecule has 1 aliphatic heterocycles. The minimum atomic E-state index is -3.85. The van der Waals surface area contributed by atoms with Crippen molar-refractivity contribution in [1.29, 1.82) is 0 Å². The molecule has 0 unspecified atom stereocenters.